The third-order valence-corrected chi connectivity index (χ3v) is 4.17. The van der Waals surface area contributed by atoms with Gasteiger partial charge in [0.15, 0.2) is 5.96 Å². The molecule has 2 N–H and O–H groups in total. The molecule has 5 nitrogen and oxygen atoms in total. The Morgan fingerprint density at radius 1 is 1.36 bits per heavy atom. The molecule has 136 valence electrons. The Morgan fingerprint density at radius 2 is 2.16 bits per heavy atom. The predicted molar refractivity (Wildman–Crippen MR) is 102 cm³/mol. The van der Waals surface area contributed by atoms with Gasteiger partial charge in [-0.25, -0.2) is 0 Å². The molecule has 0 spiro atoms. The zero-order valence-electron chi connectivity index (χ0n) is 15.3. The highest BCUT2D eigenvalue weighted by atomic mass is 16.5. The molecule has 1 saturated heterocycles. The fraction of sp³-hybridized carbons (Fsp3) is 0.550. The van der Waals surface area contributed by atoms with Crippen LogP contribution in [0.4, 0.5) is 0 Å². The minimum atomic E-state index is -0.115. The molecule has 0 saturated carbocycles. The van der Waals surface area contributed by atoms with E-state index in [0.717, 1.165) is 50.7 Å². The maximum absolute atomic E-state index is 5.80. The molecule has 0 aromatic heterocycles. The van der Waals surface area contributed by atoms with Crippen LogP contribution in [0.2, 0.25) is 0 Å². The molecule has 0 bridgehead atoms. The van der Waals surface area contributed by atoms with Crippen molar-refractivity contribution in [2.45, 2.75) is 38.7 Å². The van der Waals surface area contributed by atoms with E-state index in [-0.39, 0.29) is 5.60 Å². The Kier molecular flexibility index (Phi) is 7.62. The molecule has 0 aliphatic carbocycles. The molecule has 0 radical (unpaired) electrons. The van der Waals surface area contributed by atoms with Crippen molar-refractivity contribution in [2.24, 2.45) is 4.99 Å². The van der Waals surface area contributed by atoms with Gasteiger partial charge in [0.2, 0.25) is 0 Å². The second-order valence-electron chi connectivity index (χ2n) is 6.41. The average Bonchev–Trinajstić information content (AvgIpc) is 3.06. The molecule has 0 amide bonds. The lowest BCUT2D eigenvalue weighted by atomic mass is 10.0. The monoisotopic (exact) mass is 343 g/mol. The van der Waals surface area contributed by atoms with Crippen LogP contribution in [0.3, 0.4) is 0 Å². The van der Waals surface area contributed by atoms with Crippen LogP contribution in [0.1, 0.15) is 32.3 Å². The van der Waals surface area contributed by atoms with Gasteiger partial charge in [-0.15, -0.1) is 6.42 Å². The first kappa shape index (κ1) is 19.1. The second kappa shape index (κ2) is 9.95. The normalized spacial score (nSPS) is 20.1. The summed E-state index contributed by atoms with van der Waals surface area (Å²) in [5.41, 5.74) is 1.12. The van der Waals surface area contributed by atoms with Crippen LogP contribution in [0.25, 0.3) is 0 Å². The molecule has 25 heavy (non-hydrogen) atoms. The van der Waals surface area contributed by atoms with E-state index in [4.69, 9.17) is 15.9 Å². The van der Waals surface area contributed by atoms with Crippen molar-refractivity contribution >= 4 is 5.96 Å². The zero-order chi connectivity index (χ0) is 18.0. The summed E-state index contributed by atoms with van der Waals surface area (Å²) in [6.07, 6.45) is 8.30. The van der Waals surface area contributed by atoms with Crippen molar-refractivity contribution in [2.75, 3.05) is 32.8 Å². The summed E-state index contributed by atoms with van der Waals surface area (Å²) in [5.74, 6) is 4.10. The molecule has 1 aliphatic rings. The van der Waals surface area contributed by atoms with Crippen LogP contribution >= 0.6 is 0 Å². The third-order valence-electron chi connectivity index (χ3n) is 4.17. The molecule has 5 heteroatoms. The number of nitrogens with one attached hydrogen (secondary N) is 2. The van der Waals surface area contributed by atoms with E-state index in [1.165, 1.54) is 5.56 Å². The van der Waals surface area contributed by atoms with E-state index in [2.05, 4.69) is 47.5 Å². The molecular weight excluding hydrogens is 314 g/mol. The van der Waals surface area contributed by atoms with Crippen molar-refractivity contribution in [1.82, 2.24) is 10.6 Å². The number of ether oxygens (including phenoxy) is 2. The van der Waals surface area contributed by atoms with Crippen molar-refractivity contribution in [3.05, 3.63) is 29.8 Å². The lowest BCUT2D eigenvalue weighted by Crippen LogP contribution is -2.40. The largest absolute Gasteiger partial charge is 0.481 e. The first-order valence-corrected chi connectivity index (χ1v) is 8.96. The Morgan fingerprint density at radius 3 is 2.80 bits per heavy atom. The van der Waals surface area contributed by atoms with Gasteiger partial charge in [-0.1, -0.05) is 18.1 Å². The summed E-state index contributed by atoms with van der Waals surface area (Å²) < 4.78 is 11.2. The summed E-state index contributed by atoms with van der Waals surface area (Å²) in [6.45, 7) is 7.68. The average molecular weight is 343 g/mol. The maximum Gasteiger partial charge on any atom is 0.191 e. The van der Waals surface area contributed by atoms with E-state index in [0.29, 0.717) is 13.2 Å². The smallest absolute Gasteiger partial charge is 0.191 e. The fourth-order valence-corrected chi connectivity index (χ4v) is 2.75. The molecule has 1 aromatic rings. The highest BCUT2D eigenvalue weighted by molar-refractivity contribution is 5.79. The van der Waals surface area contributed by atoms with Gasteiger partial charge in [-0.05, 0) is 50.8 Å². The summed E-state index contributed by atoms with van der Waals surface area (Å²) in [4.78, 5) is 4.68. The highest BCUT2D eigenvalue weighted by Crippen LogP contribution is 2.24. The van der Waals surface area contributed by atoms with Crippen molar-refractivity contribution < 1.29 is 9.47 Å². The van der Waals surface area contributed by atoms with Crippen molar-refractivity contribution in [3.8, 4) is 18.1 Å². The topological polar surface area (TPSA) is 54.9 Å². The number of terminal acetylenes is 1. The zero-order valence-corrected chi connectivity index (χ0v) is 15.3. The fourth-order valence-electron chi connectivity index (χ4n) is 2.75. The SMILES string of the molecule is C#CCOc1ccc(CCNC(=NCC2(C)CCCO2)NCC)cc1. The van der Waals surface area contributed by atoms with Crippen molar-refractivity contribution in [3.63, 3.8) is 0 Å². The van der Waals surface area contributed by atoms with E-state index < -0.39 is 0 Å². The number of hydrogen-bond donors (Lipinski definition) is 2. The minimum Gasteiger partial charge on any atom is -0.481 e. The predicted octanol–water partition coefficient (Wildman–Crippen LogP) is 2.37. The molecule has 1 aliphatic heterocycles. The van der Waals surface area contributed by atoms with Crippen LogP contribution in [0.15, 0.2) is 29.3 Å². The Labute approximate surface area is 151 Å². The van der Waals surface area contributed by atoms with Crippen LogP contribution in [0.5, 0.6) is 5.75 Å². The van der Waals surface area contributed by atoms with Gasteiger partial charge in [-0.3, -0.25) is 4.99 Å². The van der Waals surface area contributed by atoms with E-state index in [9.17, 15) is 0 Å². The maximum atomic E-state index is 5.80. The van der Waals surface area contributed by atoms with Gasteiger partial charge < -0.3 is 20.1 Å². The van der Waals surface area contributed by atoms with Crippen LogP contribution < -0.4 is 15.4 Å². The van der Waals surface area contributed by atoms with E-state index in [1.54, 1.807) is 0 Å². The standard InChI is InChI=1S/C20H29N3O2/c1-4-14-24-18-9-7-17(8-10-18)11-13-22-19(21-5-2)23-16-20(3)12-6-15-25-20/h1,7-10H,5-6,11-16H2,2-3H3,(H2,21,22,23). The quantitative estimate of drug-likeness (QED) is 0.432. The number of aliphatic imine (C=N–C) groups is 1. The van der Waals surface area contributed by atoms with Crippen LogP contribution in [-0.2, 0) is 11.2 Å². The summed E-state index contributed by atoms with van der Waals surface area (Å²) >= 11 is 0. The van der Waals surface area contributed by atoms with Crippen molar-refractivity contribution in [1.29, 1.82) is 0 Å². The Bertz CT molecular complexity index is 584. The number of benzene rings is 1. The van der Waals surface area contributed by atoms with Crippen LogP contribution in [0, 0.1) is 12.3 Å². The van der Waals surface area contributed by atoms with Gasteiger partial charge in [0, 0.05) is 19.7 Å². The minimum absolute atomic E-state index is 0.115. The number of guanidine groups is 1. The lowest BCUT2D eigenvalue weighted by molar-refractivity contribution is 0.0283. The summed E-state index contributed by atoms with van der Waals surface area (Å²) in [5, 5.41) is 6.67. The molecule has 1 heterocycles. The van der Waals surface area contributed by atoms with Gasteiger partial charge in [0.05, 0.1) is 12.1 Å². The number of nitrogens with zero attached hydrogens (tertiary/aromatic N) is 1. The number of hydrogen-bond acceptors (Lipinski definition) is 3. The molecule has 2 rings (SSSR count). The molecular formula is C20H29N3O2. The van der Waals surface area contributed by atoms with Gasteiger partial charge >= 0.3 is 0 Å². The second-order valence-corrected chi connectivity index (χ2v) is 6.41. The molecule has 1 atom stereocenters. The van der Waals surface area contributed by atoms with E-state index >= 15 is 0 Å². The van der Waals surface area contributed by atoms with Crippen LogP contribution in [-0.4, -0.2) is 44.4 Å². The number of rotatable bonds is 8. The first-order valence-electron chi connectivity index (χ1n) is 8.96. The summed E-state index contributed by atoms with van der Waals surface area (Å²) in [6, 6.07) is 8.02. The first-order chi connectivity index (χ1) is 12.1. The molecule has 1 unspecified atom stereocenters. The highest BCUT2D eigenvalue weighted by Gasteiger charge is 2.29. The Hall–Kier alpha value is -2.19. The Balaban J connectivity index is 1.79. The molecule has 1 fully saturated rings. The summed E-state index contributed by atoms with van der Waals surface area (Å²) in [7, 11) is 0. The lowest BCUT2D eigenvalue weighted by Gasteiger charge is -2.21. The van der Waals surface area contributed by atoms with Gasteiger partial charge in [0.25, 0.3) is 0 Å². The third kappa shape index (κ3) is 6.67. The molecule has 1 aromatic carbocycles. The van der Waals surface area contributed by atoms with Gasteiger partial charge in [0.1, 0.15) is 12.4 Å². The van der Waals surface area contributed by atoms with E-state index in [1.807, 2.05) is 12.1 Å². The van der Waals surface area contributed by atoms with Gasteiger partial charge in [-0.2, -0.15) is 0 Å².